The molecule has 40 heavy (non-hydrogen) atoms. The number of halogens is 2. The molecule has 0 bridgehead atoms. The van der Waals surface area contributed by atoms with Gasteiger partial charge in [-0.15, -0.1) is 0 Å². The van der Waals surface area contributed by atoms with Gasteiger partial charge in [0.15, 0.2) is 0 Å². The summed E-state index contributed by atoms with van der Waals surface area (Å²) in [5.41, 5.74) is 0. The molecule has 0 fully saturated rings. The third kappa shape index (κ3) is 8.73. The van der Waals surface area contributed by atoms with Gasteiger partial charge in [0, 0.05) is 10.8 Å². The number of unbranched alkanes of at least 4 members (excludes halogenated alkanes) is 8. The van der Waals surface area contributed by atoms with Crippen LogP contribution < -0.4 is 18.9 Å². The molecule has 0 heterocycles. The van der Waals surface area contributed by atoms with Crippen LogP contribution in [0.5, 0.6) is 23.0 Å². The molecule has 3 aromatic carbocycles. The Kier molecular flexibility index (Phi) is 14.4. The lowest BCUT2D eigenvalue weighted by Gasteiger charge is -2.22. The zero-order valence-corrected chi connectivity index (χ0v) is 26.5. The monoisotopic (exact) mass is 590 g/mol. The molecule has 4 nitrogen and oxygen atoms in total. The molecule has 0 N–H and O–H groups in total. The van der Waals surface area contributed by atoms with Gasteiger partial charge in [-0.1, -0.05) is 102 Å². The Bertz CT molecular complexity index is 1100. The summed E-state index contributed by atoms with van der Waals surface area (Å²) in [6, 6.07) is 7.85. The van der Waals surface area contributed by atoms with Crippen LogP contribution in [0.25, 0.3) is 21.5 Å². The van der Waals surface area contributed by atoms with Crippen LogP contribution in [0.3, 0.4) is 0 Å². The van der Waals surface area contributed by atoms with E-state index in [-0.39, 0.29) is 0 Å². The van der Waals surface area contributed by atoms with Crippen molar-refractivity contribution in [3.05, 3.63) is 34.3 Å². The molecule has 0 amide bonds. The highest BCUT2D eigenvalue weighted by Gasteiger charge is 2.24. The Morgan fingerprint density at radius 2 is 0.800 bits per heavy atom. The van der Waals surface area contributed by atoms with Crippen LogP contribution in [0.2, 0.25) is 10.0 Å². The number of hydrogen-bond donors (Lipinski definition) is 0. The molecule has 0 aliphatic rings. The largest absolute Gasteiger partial charge is 0.493 e. The first-order valence-electron chi connectivity index (χ1n) is 15.5. The van der Waals surface area contributed by atoms with E-state index < -0.39 is 0 Å². The van der Waals surface area contributed by atoms with E-state index in [9.17, 15) is 0 Å². The summed E-state index contributed by atoms with van der Waals surface area (Å²) in [6.07, 6.45) is 12.9. The topological polar surface area (TPSA) is 36.9 Å². The maximum atomic E-state index is 6.60. The molecule has 222 valence electrons. The van der Waals surface area contributed by atoms with E-state index in [2.05, 4.69) is 27.7 Å². The summed E-state index contributed by atoms with van der Waals surface area (Å²) in [7, 11) is 0. The predicted molar refractivity (Wildman–Crippen MR) is 172 cm³/mol. The van der Waals surface area contributed by atoms with Gasteiger partial charge in [0.1, 0.15) is 23.0 Å². The normalized spacial score (nSPS) is 11.3. The summed E-state index contributed by atoms with van der Waals surface area (Å²) in [6.45, 7) is 11.3. The predicted octanol–water partition coefficient (Wildman–Crippen LogP) is 11.6. The van der Waals surface area contributed by atoms with Gasteiger partial charge in [-0.25, -0.2) is 0 Å². The molecule has 3 rings (SSSR count). The van der Waals surface area contributed by atoms with E-state index in [1.54, 1.807) is 0 Å². The SMILES string of the molecule is CCCCCOc1ccc(OCCCCC)c2c(OCCCCC)c3cc(Cl)c(Cl)cc3c(OCCCCC)c12. The summed E-state index contributed by atoms with van der Waals surface area (Å²) < 4.78 is 26.1. The summed E-state index contributed by atoms with van der Waals surface area (Å²) >= 11 is 13.2. The smallest absolute Gasteiger partial charge is 0.139 e. The zero-order chi connectivity index (χ0) is 28.7. The fourth-order valence-electron chi connectivity index (χ4n) is 4.87. The molecular weight excluding hydrogens is 543 g/mol. The molecule has 0 spiro atoms. The van der Waals surface area contributed by atoms with Gasteiger partial charge < -0.3 is 18.9 Å². The van der Waals surface area contributed by atoms with Gasteiger partial charge in [0.25, 0.3) is 0 Å². The fraction of sp³-hybridized carbons (Fsp3) is 0.588. The Balaban J connectivity index is 2.28. The average Bonchev–Trinajstić information content (AvgIpc) is 2.95. The van der Waals surface area contributed by atoms with Crippen LogP contribution in [0.15, 0.2) is 24.3 Å². The average molecular weight is 592 g/mol. The van der Waals surface area contributed by atoms with Gasteiger partial charge in [-0.3, -0.25) is 0 Å². The Hall–Kier alpha value is -2.04. The number of fused-ring (bicyclic) bond motifs is 2. The third-order valence-electron chi connectivity index (χ3n) is 7.13. The second-order valence-electron chi connectivity index (χ2n) is 10.5. The van der Waals surface area contributed by atoms with Crippen molar-refractivity contribution in [2.75, 3.05) is 26.4 Å². The van der Waals surface area contributed by atoms with Crippen molar-refractivity contribution in [1.82, 2.24) is 0 Å². The lowest BCUT2D eigenvalue weighted by atomic mass is 9.98. The molecule has 0 atom stereocenters. The molecule has 6 heteroatoms. The van der Waals surface area contributed by atoms with Crippen molar-refractivity contribution >= 4 is 44.7 Å². The number of ether oxygens (including phenoxy) is 4. The molecule has 0 radical (unpaired) electrons. The van der Waals surface area contributed by atoms with Crippen LogP contribution in [0, 0.1) is 0 Å². The van der Waals surface area contributed by atoms with E-state index in [1.165, 1.54) is 0 Å². The minimum Gasteiger partial charge on any atom is -0.493 e. The van der Waals surface area contributed by atoms with E-state index in [4.69, 9.17) is 42.1 Å². The summed E-state index contributed by atoms with van der Waals surface area (Å²) in [5.74, 6) is 3.07. The summed E-state index contributed by atoms with van der Waals surface area (Å²) in [5, 5.41) is 4.51. The quantitative estimate of drug-likeness (QED) is 0.0967. The molecule has 3 aromatic rings. The minimum absolute atomic E-state index is 0.487. The van der Waals surface area contributed by atoms with E-state index >= 15 is 0 Å². The first kappa shape index (κ1) is 32.5. The Morgan fingerprint density at radius 1 is 0.475 bits per heavy atom. The maximum absolute atomic E-state index is 6.60. The van der Waals surface area contributed by atoms with Crippen molar-refractivity contribution in [3.8, 4) is 23.0 Å². The molecule has 0 aliphatic carbocycles. The first-order chi connectivity index (χ1) is 19.6. The van der Waals surface area contributed by atoms with Crippen molar-refractivity contribution in [1.29, 1.82) is 0 Å². The van der Waals surface area contributed by atoms with Crippen molar-refractivity contribution in [2.24, 2.45) is 0 Å². The first-order valence-corrected chi connectivity index (χ1v) is 16.2. The number of hydrogen-bond acceptors (Lipinski definition) is 4. The lowest BCUT2D eigenvalue weighted by Crippen LogP contribution is -2.06. The second-order valence-corrected chi connectivity index (χ2v) is 11.3. The zero-order valence-electron chi connectivity index (χ0n) is 25.0. The van der Waals surface area contributed by atoms with Crippen LogP contribution >= 0.6 is 23.2 Å². The second kappa shape index (κ2) is 17.7. The molecule has 0 saturated carbocycles. The highest BCUT2D eigenvalue weighted by molar-refractivity contribution is 6.43. The van der Waals surface area contributed by atoms with E-state index in [1.807, 2.05) is 24.3 Å². The highest BCUT2D eigenvalue weighted by Crippen LogP contribution is 2.51. The van der Waals surface area contributed by atoms with Crippen LogP contribution in [0.4, 0.5) is 0 Å². The van der Waals surface area contributed by atoms with Crippen LogP contribution in [0.1, 0.15) is 105 Å². The van der Waals surface area contributed by atoms with Gasteiger partial charge in [0.2, 0.25) is 0 Å². The molecule has 0 saturated heterocycles. The van der Waals surface area contributed by atoms with Gasteiger partial charge >= 0.3 is 0 Å². The van der Waals surface area contributed by atoms with Crippen LogP contribution in [-0.2, 0) is 0 Å². The van der Waals surface area contributed by atoms with Gasteiger partial charge in [-0.2, -0.15) is 0 Å². The number of benzene rings is 3. The van der Waals surface area contributed by atoms with Crippen molar-refractivity contribution in [2.45, 2.75) is 105 Å². The van der Waals surface area contributed by atoms with Gasteiger partial charge in [0.05, 0.1) is 47.2 Å². The minimum atomic E-state index is 0.487. The molecule has 0 aromatic heterocycles. The molecular formula is C34H48Cl2O4. The lowest BCUT2D eigenvalue weighted by molar-refractivity contribution is 0.292. The standard InChI is InChI=1S/C34H48Cl2O4/c1-5-9-13-19-37-29-17-18-30(38-20-14-10-6-2)32-31(29)33(39-21-15-11-7-3)25-23-27(35)28(36)24-26(25)34(32)40-22-16-12-8-4/h17-18,23-24H,5-16,19-22H2,1-4H3. The van der Waals surface area contributed by atoms with Crippen molar-refractivity contribution < 1.29 is 18.9 Å². The van der Waals surface area contributed by atoms with Crippen molar-refractivity contribution in [3.63, 3.8) is 0 Å². The van der Waals surface area contributed by atoms with Gasteiger partial charge in [-0.05, 0) is 49.9 Å². The fourth-order valence-corrected chi connectivity index (χ4v) is 5.20. The number of rotatable bonds is 20. The molecule has 0 unspecified atom stereocenters. The third-order valence-corrected chi connectivity index (χ3v) is 7.85. The molecule has 0 aliphatic heterocycles. The van der Waals surface area contributed by atoms with Crippen LogP contribution in [-0.4, -0.2) is 26.4 Å². The Labute approximate surface area is 251 Å². The maximum Gasteiger partial charge on any atom is 0.139 e. The highest BCUT2D eigenvalue weighted by atomic mass is 35.5. The Morgan fingerprint density at radius 3 is 1.12 bits per heavy atom. The summed E-state index contributed by atoms with van der Waals surface area (Å²) in [4.78, 5) is 0. The van der Waals surface area contributed by atoms with E-state index in [0.29, 0.717) is 36.5 Å². The van der Waals surface area contributed by atoms with E-state index in [0.717, 1.165) is 122 Å².